The lowest BCUT2D eigenvalue weighted by Gasteiger charge is -2.23. The Kier molecular flexibility index (Phi) is 5.18. The summed E-state index contributed by atoms with van der Waals surface area (Å²) in [4.78, 5) is 16.0. The van der Waals surface area contributed by atoms with E-state index in [1.54, 1.807) is 30.6 Å². The number of morpholine rings is 1. The molecule has 0 spiro atoms. The van der Waals surface area contributed by atoms with Crippen molar-refractivity contribution in [3.63, 3.8) is 0 Å². The number of nitrogens with zero attached hydrogens (tertiary/aromatic N) is 1. The highest BCUT2D eigenvalue weighted by Crippen LogP contribution is 2.23. The Morgan fingerprint density at radius 2 is 2.17 bits per heavy atom. The molecule has 2 aromatic rings. The first kappa shape index (κ1) is 15.5. The van der Waals surface area contributed by atoms with Crippen molar-refractivity contribution < 1.29 is 14.3 Å². The number of carbonyl (C=O) groups excluding carboxylic acids is 1. The van der Waals surface area contributed by atoms with E-state index in [0.717, 1.165) is 6.54 Å². The van der Waals surface area contributed by atoms with Crippen LogP contribution in [0.15, 0.2) is 48.8 Å². The van der Waals surface area contributed by atoms with E-state index in [1.165, 1.54) is 0 Å². The second-order valence-corrected chi connectivity index (χ2v) is 5.29. The van der Waals surface area contributed by atoms with E-state index in [0.29, 0.717) is 36.8 Å². The summed E-state index contributed by atoms with van der Waals surface area (Å²) in [6.07, 6.45) is 3.72. The molecule has 1 aliphatic heterocycles. The maximum Gasteiger partial charge on any atom is 0.226 e. The lowest BCUT2D eigenvalue weighted by Crippen LogP contribution is -2.43. The van der Waals surface area contributed by atoms with Crippen molar-refractivity contribution in [3.8, 4) is 11.5 Å². The molecule has 3 rings (SSSR count). The lowest BCUT2D eigenvalue weighted by molar-refractivity contribution is -0.117. The second kappa shape index (κ2) is 7.71. The molecule has 0 saturated carbocycles. The molecule has 1 saturated heterocycles. The zero-order valence-corrected chi connectivity index (χ0v) is 12.7. The molecule has 0 aliphatic carbocycles. The van der Waals surface area contributed by atoms with Crippen LogP contribution in [0.3, 0.4) is 0 Å². The predicted molar refractivity (Wildman–Crippen MR) is 86.6 cm³/mol. The summed E-state index contributed by atoms with van der Waals surface area (Å²) in [5.41, 5.74) is 0.707. The molecule has 1 aromatic carbocycles. The Balaban J connectivity index is 1.57. The van der Waals surface area contributed by atoms with Crippen LogP contribution >= 0.6 is 0 Å². The van der Waals surface area contributed by atoms with Gasteiger partial charge in [0.2, 0.25) is 5.91 Å². The molecule has 1 amide bonds. The topological polar surface area (TPSA) is 72.5 Å². The molecular formula is C17H19N3O3. The number of carbonyl (C=O) groups is 1. The van der Waals surface area contributed by atoms with Gasteiger partial charge in [0.15, 0.2) is 0 Å². The minimum absolute atomic E-state index is 0.0472. The fraction of sp³-hybridized carbons (Fsp3) is 0.294. The Hall–Kier alpha value is -2.44. The zero-order chi connectivity index (χ0) is 15.9. The Morgan fingerprint density at radius 1 is 1.30 bits per heavy atom. The highest BCUT2D eigenvalue weighted by molar-refractivity contribution is 5.91. The molecule has 120 valence electrons. The van der Waals surface area contributed by atoms with Crippen LogP contribution in [0.25, 0.3) is 0 Å². The van der Waals surface area contributed by atoms with Gasteiger partial charge in [-0.3, -0.25) is 9.78 Å². The van der Waals surface area contributed by atoms with E-state index in [2.05, 4.69) is 15.6 Å². The second-order valence-electron chi connectivity index (χ2n) is 5.29. The normalized spacial score (nSPS) is 17.5. The third kappa shape index (κ3) is 4.77. The van der Waals surface area contributed by atoms with E-state index in [1.807, 2.05) is 18.2 Å². The molecule has 1 aliphatic rings. The van der Waals surface area contributed by atoms with E-state index < -0.39 is 0 Å². The van der Waals surface area contributed by atoms with Gasteiger partial charge in [-0.1, -0.05) is 6.07 Å². The van der Waals surface area contributed by atoms with Crippen LogP contribution in [0.5, 0.6) is 11.5 Å². The standard InChI is InChI=1S/C17H19N3O3/c21-17(11-14-12-22-9-8-19-14)20-13-2-1-3-16(10-13)23-15-4-6-18-7-5-15/h1-7,10,14,19H,8-9,11-12H2,(H,20,21). The van der Waals surface area contributed by atoms with Crippen LogP contribution in [0.1, 0.15) is 6.42 Å². The van der Waals surface area contributed by atoms with Crippen molar-refractivity contribution in [2.24, 2.45) is 0 Å². The van der Waals surface area contributed by atoms with Gasteiger partial charge in [0.1, 0.15) is 11.5 Å². The van der Waals surface area contributed by atoms with Crippen LogP contribution in [0.4, 0.5) is 5.69 Å². The van der Waals surface area contributed by atoms with Crippen molar-refractivity contribution in [2.45, 2.75) is 12.5 Å². The number of aromatic nitrogens is 1. The van der Waals surface area contributed by atoms with E-state index in [4.69, 9.17) is 9.47 Å². The highest BCUT2D eigenvalue weighted by Gasteiger charge is 2.16. The first-order valence-electron chi connectivity index (χ1n) is 7.58. The third-order valence-electron chi connectivity index (χ3n) is 3.43. The number of anilines is 1. The molecule has 2 N–H and O–H groups in total. The predicted octanol–water partition coefficient (Wildman–Crippen LogP) is 2.19. The maximum absolute atomic E-state index is 12.1. The highest BCUT2D eigenvalue weighted by atomic mass is 16.5. The van der Waals surface area contributed by atoms with Gasteiger partial charge in [-0.25, -0.2) is 0 Å². The summed E-state index contributed by atoms with van der Waals surface area (Å²) in [7, 11) is 0. The molecule has 1 fully saturated rings. The van der Waals surface area contributed by atoms with Gasteiger partial charge < -0.3 is 20.1 Å². The molecule has 0 radical (unpaired) electrons. The summed E-state index contributed by atoms with van der Waals surface area (Å²) >= 11 is 0. The van der Waals surface area contributed by atoms with Crippen molar-refractivity contribution >= 4 is 11.6 Å². The molecular weight excluding hydrogens is 294 g/mol. The minimum Gasteiger partial charge on any atom is -0.457 e. The number of pyridine rings is 1. The van der Waals surface area contributed by atoms with E-state index in [9.17, 15) is 4.79 Å². The quantitative estimate of drug-likeness (QED) is 0.885. The SMILES string of the molecule is O=C(CC1COCCN1)Nc1cccc(Oc2ccncc2)c1. The van der Waals surface area contributed by atoms with Gasteiger partial charge in [-0.05, 0) is 24.3 Å². The largest absolute Gasteiger partial charge is 0.457 e. The van der Waals surface area contributed by atoms with Crippen LogP contribution in [-0.4, -0.2) is 36.7 Å². The van der Waals surface area contributed by atoms with Gasteiger partial charge in [0.05, 0.1) is 13.2 Å². The number of nitrogens with one attached hydrogen (secondary N) is 2. The Labute approximate surface area is 134 Å². The number of hydrogen-bond acceptors (Lipinski definition) is 5. The molecule has 23 heavy (non-hydrogen) atoms. The fourth-order valence-electron chi connectivity index (χ4n) is 2.37. The van der Waals surface area contributed by atoms with Gasteiger partial charge in [-0.2, -0.15) is 0 Å². The third-order valence-corrected chi connectivity index (χ3v) is 3.43. The molecule has 1 aromatic heterocycles. The summed E-state index contributed by atoms with van der Waals surface area (Å²) in [5.74, 6) is 1.31. The first-order chi connectivity index (χ1) is 11.3. The monoisotopic (exact) mass is 313 g/mol. The lowest BCUT2D eigenvalue weighted by atomic mass is 10.2. The molecule has 6 heteroatoms. The van der Waals surface area contributed by atoms with Crippen LogP contribution in [0.2, 0.25) is 0 Å². The summed E-state index contributed by atoms with van der Waals surface area (Å²) < 4.78 is 11.1. The average molecular weight is 313 g/mol. The van der Waals surface area contributed by atoms with E-state index >= 15 is 0 Å². The van der Waals surface area contributed by atoms with Gasteiger partial charge in [0, 0.05) is 43.2 Å². The van der Waals surface area contributed by atoms with E-state index in [-0.39, 0.29) is 11.9 Å². The number of amides is 1. The van der Waals surface area contributed by atoms with Crippen molar-refractivity contribution in [2.75, 3.05) is 25.1 Å². The molecule has 0 bridgehead atoms. The summed E-state index contributed by atoms with van der Waals surface area (Å²) in [5, 5.41) is 6.15. The molecule has 2 heterocycles. The van der Waals surface area contributed by atoms with Crippen LogP contribution in [-0.2, 0) is 9.53 Å². The van der Waals surface area contributed by atoms with Crippen molar-refractivity contribution in [1.29, 1.82) is 0 Å². The van der Waals surface area contributed by atoms with Gasteiger partial charge >= 0.3 is 0 Å². The fourth-order valence-corrected chi connectivity index (χ4v) is 2.37. The maximum atomic E-state index is 12.1. The smallest absolute Gasteiger partial charge is 0.226 e. The molecule has 6 nitrogen and oxygen atoms in total. The zero-order valence-electron chi connectivity index (χ0n) is 12.7. The molecule has 1 unspecified atom stereocenters. The van der Waals surface area contributed by atoms with Crippen LogP contribution in [0, 0.1) is 0 Å². The number of ether oxygens (including phenoxy) is 2. The Morgan fingerprint density at radius 3 is 2.96 bits per heavy atom. The van der Waals surface area contributed by atoms with Gasteiger partial charge in [-0.15, -0.1) is 0 Å². The van der Waals surface area contributed by atoms with Crippen molar-refractivity contribution in [3.05, 3.63) is 48.8 Å². The van der Waals surface area contributed by atoms with Crippen LogP contribution < -0.4 is 15.4 Å². The summed E-state index contributed by atoms with van der Waals surface area (Å²) in [6, 6.07) is 10.9. The van der Waals surface area contributed by atoms with Crippen molar-refractivity contribution in [1.82, 2.24) is 10.3 Å². The summed E-state index contributed by atoms with van der Waals surface area (Å²) in [6.45, 7) is 2.05. The van der Waals surface area contributed by atoms with Gasteiger partial charge in [0.25, 0.3) is 0 Å². The number of rotatable bonds is 5. The first-order valence-corrected chi connectivity index (χ1v) is 7.58. The number of hydrogen-bond donors (Lipinski definition) is 2. The average Bonchev–Trinajstić information content (AvgIpc) is 2.57. The molecule has 1 atom stereocenters. The minimum atomic E-state index is -0.0472. The Bertz CT molecular complexity index is 643. The number of benzene rings is 1.